The molecule has 0 atom stereocenters. The van der Waals surface area contributed by atoms with E-state index in [0.29, 0.717) is 6.61 Å². The fourth-order valence-electron chi connectivity index (χ4n) is 3.58. The van der Waals surface area contributed by atoms with Gasteiger partial charge in [0.25, 0.3) is 5.69 Å². The molecule has 6 nitrogen and oxygen atoms in total. The van der Waals surface area contributed by atoms with Crippen LogP contribution in [0, 0.1) is 10.1 Å². The third-order valence-electron chi connectivity index (χ3n) is 5.28. The zero-order valence-electron chi connectivity index (χ0n) is 18.3. The number of non-ortho nitro benzene ring substituents is 1. The van der Waals surface area contributed by atoms with Gasteiger partial charge in [-0.25, -0.2) is 0 Å². The Hall–Kier alpha value is -4.71. The van der Waals surface area contributed by atoms with Gasteiger partial charge < -0.3 is 10.5 Å². The highest BCUT2D eigenvalue weighted by atomic mass is 16.6. The summed E-state index contributed by atoms with van der Waals surface area (Å²) in [5.41, 5.74) is 10.7. The Morgan fingerprint density at radius 3 is 2.29 bits per heavy atom. The van der Waals surface area contributed by atoms with E-state index >= 15 is 0 Å². The van der Waals surface area contributed by atoms with Crippen molar-refractivity contribution >= 4 is 17.7 Å². The van der Waals surface area contributed by atoms with E-state index < -0.39 is 10.8 Å². The Balaban J connectivity index is 1.66. The molecule has 0 spiro atoms. The molecule has 0 bridgehead atoms. The summed E-state index contributed by atoms with van der Waals surface area (Å²) < 4.78 is 5.97. The van der Waals surface area contributed by atoms with Gasteiger partial charge >= 0.3 is 0 Å². The Morgan fingerprint density at radius 1 is 0.853 bits per heavy atom. The summed E-state index contributed by atoms with van der Waals surface area (Å²) >= 11 is 0. The van der Waals surface area contributed by atoms with E-state index in [2.05, 4.69) is 0 Å². The summed E-state index contributed by atoms with van der Waals surface area (Å²) in [4.78, 5) is 21.9. The molecule has 0 saturated carbocycles. The zero-order valence-corrected chi connectivity index (χ0v) is 18.3. The highest BCUT2D eigenvalue weighted by Gasteiger charge is 2.10. The van der Waals surface area contributed by atoms with Crippen LogP contribution < -0.4 is 10.5 Å². The maximum absolute atomic E-state index is 11.4. The Bertz CT molecular complexity index is 1350. The van der Waals surface area contributed by atoms with Crippen LogP contribution in [-0.4, -0.2) is 10.8 Å². The molecule has 0 radical (unpaired) electrons. The largest absolute Gasteiger partial charge is 0.489 e. The molecule has 0 aliphatic rings. The average Bonchev–Trinajstić information content (AvgIpc) is 2.87. The maximum Gasteiger partial charge on any atom is 0.269 e. The van der Waals surface area contributed by atoms with Crippen molar-refractivity contribution in [3.05, 3.63) is 124 Å². The topological polar surface area (TPSA) is 95.5 Å². The van der Waals surface area contributed by atoms with Crippen molar-refractivity contribution in [2.45, 2.75) is 6.61 Å². The molecule has 2 N–H and O–H groups in total. The number of nitrogens with zero attached hydrogens (tertiary/aromatic N) is 1. The number of primary amides is 1. The lowest BCUT2D eigenvalue weighted by molar-refractivity contribution is -0.384. The van der Waals surface area contributed by atoms with Gasteiger partial charge in [-0.3, -0.25) is 14.9 Å². The van der Waals surface area contributed by atoms with Crippen molar-refractivity contribution in [3.63, 3.8) is 0 Å². The smallest absolute Gasteiger partial charge is 0.269 e. The van der Waals surface area contributed by atoms with Gasteiger partial charge in [-0.05, 0) is 69.8 Å². The number of rotatable bonds is 8. The van der Waals surface area contributed by atoms with E-state index in [1.165, 1.54) is 18.2 Å². The van der Waals surface area contributed by atoms with Crippen LogP contribution in [0.1, 0.15) is 11.1 Å². The predicted molar refractivity (Wildman–Crippen MR) is 133 cm³/mol. The molecular weight excluding hydrogens is 428 g/mol. The van der Waals surface area contributed by atoms with Gasteiger partial charge in [-0.1, -0.05) is 54.6 Å². The molecular formula is C28H22N2O4. The molecule has 0 aliphatic carbocycles. The molecule has 0 saturated heterocycles. The summed E-state index contributed by atoms with van der Waals surface area (Å²) in [6, 6.07) is 29.8. The third kappa shape index (κ3) is 5.55. The van der Waals surface area contributed by atoms with Crippen LogP contribution in [0.3, 0.4) is 0 Å². The number of nitro groups is 1. The second kappa shape index (κ2) is 10.3. The minimum atomic E-state index is -0.549. The summed E-state index contributed by atoms with van der Waals surface area (Å²) in [6.45, 7) is 0.456. The minimum Gasteiger partial charge on any atom is -0.489 e. The first-order chi connectivity index (χ1) is 16.5. The molecule has 4 aromatic rings. The molecule has 0 heterocycles. The van der Waals surface area contributed by atoms with Crippen molar-refractivity contribution in [1.82, 2.24) is 0 Å². The fourth-order valence-corrected chi connectivity index (χ4v) is 3.58. The molecule has 34 heavy (non-hydrogen) atoms. The van der Waals surface area contributed by atoms with Crippen molar-refractivity contribution in [2.24, 2.45) is 5.73 Å². The number of nitro benzene ring substituents is 1. The first-order valence-corrected chi connectivity index (χ1v) is 10.6. The van der Waals surface area contributed by atoms with Crippen LogP contribution in [0.15, 0.2) is 103 Å². The van der Waals surface area contributed by atoms with Crippen molar-refractivity contribution in [3.8, 4) is 28.0 Å². The van der Waals surface area contributed by atoms with Gasteiger partial charge in [0.2, 0.25) is 5.91 Å². The van der Waals surface area contributed by atoms with E-state index in [1.54, 1.807) is 18.2 Å². The first kappa shape index (κ1) is 22.5. The van der Waals surface area contributed by atoms with Gasteiger partial charge in [0, 0.05) is 18.2 Å². The Morgan fingerprint density at radius 2 is 1.59 bits per heavy atom. The SMILES string of the molecule is NC(=O)/C=C/c1cc(-c2ccc([N+](=O)[O-])cc2)ccc1-c1cccc(OCc2ccccc2)c1. The van der Waals surface area contributed by atoms with E-state index in [9.17, 15) is 14.9 Å². The molecule has 0 unspecified atom stereocenters. The summed E-state index contributed by atoms with van der Waals surface area (Å²) in [5.74, 6) is 0.178. The second-order valence-electron chi connectivity index (χ2n) is 7.64. The van der Waals surface area contributed by atoms with Crippen LogP contribution in [0.2, 0.25) is 0 Å². The third-order valence-corrected chi connectivity index (χ3v) is 5.28. The van der Waals surface area contributed by atoms with Crippen molar-refractivity contribution in [1.29, 1.82) is 0 Å². The lowest BCUT2D eigenvalue weighted by Gasteiger charge is -2.12. The number of benzene rings is 4. The van der Waals surface area contributed by atoms with E-state index in [0.717, 1.165) is 39.1 Å². The van der Waals surface area contributed by atoms with Crippen molar-refractivity contribution < 1.29 is 14.5 Å². The van der Waals surface area contributed by atoms with Gasteiger partial charge in [0.1, 0.15) is 12.4 Å². The minimum absolute atomic E-state index is 0.0292. The molecule has 168 valence electrons. The number of carbonyl (C=O) groups is 1. The molecule has 4 rings (SSSR count). The molecule has 0 fully saturated rings. The number of hydrogen-bond donors (Lipinski definition) is 1. The van der Waals surface area contributed by atoms with Crippen LogP contribution in [-0.2, 0) is 11.4 Å². The number of nitrogens with two attached hydrogens (primary N) is 1. The Labute approximate surface area is 197 Å². The maximum atomic E-state index is 11.4. The summed E-state index contributed by atoms with van der Waals surface area (Å²) in [5, 5.41) is 11.0. The number of ether oxygens (including phenoxy) is 1. The molecule has 4 aromatic carbocycles. The van der Waals surface area contributed by atoms with Crippen LogP contribution >= 0.6 is 0 Å². The normalized spacial score (nSPS) is 10.8. The monoisotopic (exact) mass is 450 g/mol. The van der Waals surface area contributed by atoms with Gasteiger partial charge in [0.05, 0.1) is 4.92 Å². The van der Waals surface area contributed by atoms with Gasteiger partial charge in [-0.2, -0.15) is 0 Å². The highest BCUT2D eigenvalue weighted by Crippen LogP contribution is 2.32. The molecule has 6 heteroatoms. The lowest BCUT2D eigenvalue weighted by Crippen LogP contribution is -2.05. The van der Waals surface area contributed by atoms with Gasteiger partial charge in [-0.15, -0.1) is 0 Å². The molecule has 0 aliphatic heterocycles. The first-order valence-electron chi connectivity index (χ1n) is 10.6. The van der Waals surface area contributed by atoms with E-state index in [4.69, 9.17) is 10.5 Å². The standard InChI is InChI=1S/C28H22N2O4/c29-28(31)16-12-24-17-22(21-9-13-25(14-10-21)30(32)33)11-15-27(24)23-7-4-8-26(18-23)34-19-20-5-2-1-3-6-20/h1-18H,19H2,(H2,29,31)/b16-12+. The van der Waals surface area contributed by atoms with Crippen LogP contribution in [0.4, 0.5) is 5.69 Å². The number of carbonyl (C=O) groups excluding carboxylic acids is 1. The highest BCUT2D eigenvalue weighted by molar-refractivity contribution is 5.92. The molecule has 0 aromatic heterocycles. The average molecular weight is 450 g/mol. The number of hydrogen-bond acceptors (Lipinski definition) is 4. The van der Waals surface area contributed by atoms with Crippen LogP contribution in [0.5, 0.6) is 5.75 Å². The summed E-state index contributed by atoms with van der Waals surface area (Å²) in [6.07, 6.45) is 2.98. The molecule has 1 amide bonds. The van der Waals surface area contributed by atoms with E-state index in [1.807, 2.05) is 72.8 Å². The predicted octanol–water partition coefficient (Wildman–Crippen LogP) is 6.01. The Kier molecular flexibility index (Phi) is 6.79. The van der Waals surface area contributed by atoms with E-state index in [-0.39, 0.29) is 5.69 Å². The zero-order chi connectivity index (χ0) is 23.9. The lowest BCUT2D eigenvalue weighted by atomic mass is 9.94. The van der Waals surface area contributed by atoms with Gasteiger partial charge in [0.15, 0.2) is 0 Å². The van der Waals surface area contributed by atoms with Crippen LogP contribution in [0.25, 0.3) is 28.3 Å². The van der Waals surface area contributed by atoms with Crippen molar-refractivity contribution in [2.75, 3.05) is 0 Å². The fraction of sp³-hybridized carbons (Fsp3) is 0.0357. The second-order valence-corrected chi connectivity index (χ2v) is 7.64. The number of amides is 1. The quantitative estimate of drug-likeness (QED) is 0.202. The summed E-state index contributed by atoms with van der Waals surface area (Å²) in [7, 11) is 0.